The number of esters is 1. The third-order valence-corrected chi connectivity index (χ3v) is 3.24. The van der Waals surface area contributed by atoms with Gasteiger partial charge in [0.1, 0.15) is 5.41 Å². The van der Waals surface area contributed by atoms with Crippen molar-refractivity contribution in [3.05, 3.63) is 0 Å². The smallest absolute Gasteiger partial charge is 0.331 e. The lowest BCUT2D eigenvalue weighted by Gasteiger charge is -2.34. The van der Waals surface area contributed by atoms with Crippen LogP contribution in [0.4, 0.5) is 0 Å². The van der Waals surface area contributed by atoms with Crippen LogP contribution in [0, 0.1) is 16.7 Å². The number of carbonyl (C=O) groups is 2. The third kappa shape index (κ3) is 1.98. The summed E-state index contributed by atoms with van der Waals surface area (Å²) in [6.45, 7) is 0.864. The molecule has 2 rings (SSSR count). The first kappa shape index (κ1) is 11.9. The van der Waals surface area contributed by atoms with E-state index in [2.05, 4.69) is 4.74 Å². The van der Waals surface area contributed by atoms with E-state index >= 15 is 0 Å². The third-order valence-electron chi connectivity index (χ3n) is 3.24. The van der Waals surface area contributed by atoms with Gasteiger partial charge in [-0.15, -0.1) is 0 Å². The molecule has 0 N–H and O–H groups in total. The number of methoxy groups -OCH3 is 1. The van der Waals surface area contributed by atoms with Crippen LogP contribution in [0.25, 0.3) is 0 Å². The minimum absolute atomic E-state index is 0.139. The molecule has 1 heterocycles. The van der Waals surface area contributed by atoms with Crippen molar-refractivity contribution in [1.82, 2.24) is 4.90 Å². The normalized spacial score (nSPS) is 25.9. The molecule has 1 amide bonds. The molecular weight excluding hydrogens is 224 g/mol. The zero-order chi connectivity index (χ0) is 12.5. The van der Waals surface area contributed by atoms with Crippen molar-refractivity contribution in [2.45, 2.75) is 18.9 Å². The Kier molecular flexibility index (Phi) is 3.03. The minimum Gasteiger partial charge on any atom is -0.467 e. The molecule has 2 fully saturated rings. The average molecular weight is 238 g/mol. The highest BCUT2D eigenvalue weighted by molar-refractivity contribution is 5.92. The summed E-state index contributed by atoms with van der Waals surface area (Å²) in [6, 6.07) is 1.33. The molecule has 6 nitrogen and oxygen atoms in total. The van der Waals surface area contributed by atoms with E-state index in [1.807, 2.05) is 6.07 Å². The molecule has 0 radical (unpaired) electrons. The van der Waals surface area contributed by atoms with Gasteiger partial charge in [-0.25, -0.2) is 4.79 Å². The Morgan fingerprint density at radius 2 is 2.24 bits per heavy atom. The van der Waals surface area contributed by atoms with Crippen LogP contribution in [0.5, 0.6) is 0 Å². The summed E-state index contributed by atoms with van der Waals surface area (Å²) in [7, 11) is 1.27. The molecule has 6 heteroatoms. The lowest BCUT2D eigenvalue weighted by atomic mass is 10.1. The number of rotatable bonds is 2. The molecule has 0 aromatic rings. The highest BCUT2D eigenvalue weighted by Gasteiger charge is 2.54. The summed E-state index contributed by atoms with van der Waals surface area (Å²) in [5, 5.41) is 8.99. The van der Waals surface area contributed by atoms with Gasteiger partial charge in [-0.05, 0) is 12.8 Å². The highest BCUT2D eigenvalue weighted by Crippen LogP contribution is 2.46. The van der Waals surface area contributed by atoms with Crippen LogP contribution in [-0.2, 0) is 19.1 Å². The first-order valence-electron chi connectivity index (χ1n) is 5.52. The van der Waals surface area contributed by atoms with Gasteiger partial charge >= 0.3 is 5.97 Å². The van der Waals surface area contributed by atoms with E-state index < -0.39 is 17.4 Å². The molecule has 92 valence electrons. The van der Waals surface area contributed by atoms with Crippen LogP contribution in [0.2, 0.25) is 0 Å². The fraction of sp³-hybridized carbons (Fsp3) is 0.727. The maximum Gasteiger partial charge on any atom is 0.331 e. The molecule has 0 spiro atoms. The van der Waals surface area contributed by atoms with Crippen LogP contribution >= 0.6 is 0 Å². The van der Waals surface area contributed by atoms with Gasteiger partial charge in [0, 0.05) is 6.54 Å². The Bertz CT molecular complexity index is 383. The molecule has 1 saturated heterocycles. The lowest BCUT2D eigenvalue weighted by Crippen LogP contribution is -2.54. The largest absolute Gasteiger partial charge is 0.467 e. The van der Waals surface area contributed by atoms with E-state index in [-0.39, 0.29) is 12.5 Å². The second kappa shape index (κ2) is 4.34. The van der Waals surface area contributed by atoms with Crippen LogP contribution < -0.4 is 0 Å². The number of nitriles is 1. The maximum absolute atomic E-state index is 12.2. The molecule has 1 atom stereocenters. The second-order valence-electron chi connectivity index (χ2n) is 4.31. The van der Waals surface area contributed by atoms with E-state index in [0.717, 1.165) is 0 Å². The summed E-state index contributed by atoms with van der Waals surface area (Å²) in [6.07, 6.45) is 1.15. The fourth-order valence-electron chi connectivity index (χ4n) is 1.95. The van der Waals surface area contributed by atoms with Gasteiger partial charge in [0.05, 0.1) is 26.4 Å². The molecular formula is C11H14N2O4. The van der Waals surface area contributed by atoms with Crippen molar-refractivity contribution in [3.8, 4) is 6.07 Å². The van der Waals surface area contributed by atoms with Gasteiger partial charge in [0.2, 0.25) is 5.91 Å². The van der Waals surface area contributed by atoms with Crippen molar-refractivity contribution >= 4 is 11.9 Å². The SMILES string of the molecule is COC(=O)C1COCCN1C(=O)C1(C#N)CC1. The molecule has 1 aliphatic heterocycles. The highest BCUT2D eigenvalue weighted by atomic mass is 16.5. The van der Waals surface area contributed by atoms with Crippen LogP contribution in [0.3, 0.4) is 0 Å². The summed E-state index contributed by atoms with van der Waals surface area (Å²) in [5.41, 5.74) is -0.899. The quantitative estimate of drug-likeness (QED) is 0.616. The van der Waals surface area contributed by atoms with Crippen LogP contribution in [0.1, 0.15) is 12.8 Å². The van der Waals surface area contributed by atoms with E-state index in [9.17, 15) is 9.59 Å². The van der Waals surface area contributed by atoms with Crippen LogP contribution in [-0.4, -0.2) is 49.7 Å². The number of nitrogens with zero attached hydrogens (tertiary/aromatic N) is 2. The maximum atomic E-state index is 12.2. The molecule has 0 bridgehead atoms. The first-order chi connectivity index (χ1) is 8.14. The zero-order valence-corrected chi connectivity index (χ0v) is 9.64. The van der Waals surface area contributed by atoms with Crippen molar-refractivity contribution in [2.75, 3.05) is 26.9 Å². The number of carbonyl (C=O) groups excluding carboxylic acids is 2. The summed E-state index contributed by atoms with van der Waals surface area (Å²) in [4.78, 5) is 25.1. The van der Waals surface area contributed by atoms with Crippen molar-refractivity contribution in [3.63, 3.8) is 0 Å². The summed E-state index contributed by atoms with van der Waals surface area (Å²) >= 11 is 0. The van der Waals surface area contributed by atoms with Crippen molar-refractivity contribution in [2.24, 2.45) is 5.41 Å². The second-order valence-corrected chi connectivity index (χ2v) is 4.31. The Hall–Kier alpha value is -1.61. The Morgan fingerprint density at radius 1 is 1.53 bits per heavy atom. The number of hydrogen-bond donors (Lipinski definition) is 0. The van der Waals surface area contributed by atoms with E-state index in [0.29, 0.717) is 26.0 Å². The van der Waals surface area contributed by atoms with Gasteiger partial charge in [0.25, 0.3) is 0 Å². The van der Waals surface area contributed by atoms with Gasteiger partial charge in [-0.1, -0.05) is 0 Å². The topological polar surface area (TPSA) is 79.6 Å². The summed E-state index contributed by atoms with van der Waals surface area (Å²) < 4.78 is 9.82. The van der Waals surface area contributed by atoms with Gasteiger partial charge < -0.3 is 14.4 Å². The monoisotopic (exact) mass is 238 g/mol. The lowest BCUT2D eigenvalue weighted by molar-refractivity contribution is -0.162. The number of ether oxygens (including phenoxy) is 2. The molecule has 1 aliphatic carbocycles. The van der Waals surface area contributed by atoms with E-state index in [1.54, 1.807) is 0 Å². The Labute approximate surface area is 99.1 Å². The Balaban J connectivity index is 2.14. The standard InChI is InChI=1S/C11H14N2O4/c1-16-9(14)8-6-17-5-4-13(8)10(15)11(7-12)2-3-11/h8H,2-6H2,1H3. The molecule has 2 aliphatic rings. The van der Waals surface area contributed by atoms with Gasteiger partial charge in [0.15, 0.2) is 6.04 Å². The predicted octanol–water partition coefficient (Wildman–Crippen LogP) is -0.309. The molecule has 1 unspecified atom stereocenters. The summed E-state index contributed by atoms with van der Waals surface area (Å²) in [5.74, 6) is -0.759. The van der Waals surface area contributed by atoms with E-state index in [4.69, 9.17) is 10.00 Å². The average Bonchev–Trinajstić information content (AvgIpc) is 3.18. The molecule has 17 heavy (non-hydrogen) atoms. The number of morpholine rings is 1. The molecule has 0 aromatic heterocycles. The minimum atomic E-state index is -0.899. The van der Waals surface area contributed by atoms with Crippen molar-refractivity contribution < 1.29 is 19.1 Å². The molecule has 1 saturated carbocycles. The van der Waals surface area contributed by atoms with Gasteiger partial charge in [-0.3, -0.25) is 4.79 Å². The zero-order valence-electron chi connectivity index (χ0n) is 9.64. The van der Waals surface area contributed by atoms with Crippen LogP contribution in [0.15, 0.2) is 0 Å². The number of amides is 1. The molecule has 0 aromatic carbocycles. The Morgan fingerprint density at radius 3 is 2.76 bits per heavy atom. The fourth-order valence-corrected chi connectivity index (χ4v) is 1.95. The van der Waals surface area contributed by atoms with Crippen molar-refractivity contribution in [1.29, 1.82) is 5.26 Å². The number of hydrogen-bond acceptors (Lipinski definition) is 5. The first-order valence-corrected chi connectivity index (χ1v) is 5.52. The predicted molar refractivity (Wildman–Crippen MR) is 55.6 cm³/mol. The van der Waals surface area contributed by atoms with Gasteiger partial charge in [-0.2, -0.15) is 5.26 Å². The van der Waals surface area contributed by atoms with E-state index in [1.165, 1.54) is 12.0 Å².